The van der Waals surface area contributed by atoms with Crippen LogP contribution in [-0.2, 0) is 14.3 Å². The zero-order valence-electron chi connectivity index (χ0n) is 14.8. The van der Waals surface area contributed by atoms with E-state index in [1.165, 1.54) is 84.2 Å². The van der Waals surface area contributed by atoms with Gasteiger partial charge in [0.2, 0.25) is 5.78 Å². The first-order chi connectivity index (χ1) is 10.7. The van der Waals surface area contributed by atoms with Crippen molar-refractivity contribution in [3.63, 3.8) is 0 Å². The Morgan fingerprint density at radius 3 is 1.36 bits per heavy atom. The predicted octanol–water partition coefficient (Wildman–Crippen LogP) is 5.60. The van der Waals surface area contributed by atoms with Gasteiger partial charge in [-0.2, -0.15) is 0 Å². The van der Waals surface area contributed by atoms with Gasteiger partial charge < -0.3 is 4.74 Å². The monoisotopic (exact) mass is 312 g/mol. The summed E-state index contributed by atoms with van der Waals surface area (Å²) in [4.78, 5) is 22.1. The lowest BCUT2D eigenvalue weighted by Gasteiger charge is -2.03. The largest absolute Gasteiger partial charge is 0.463 e. The van der Waals surface area contributed by atoms with Gasteiger partial charge in [-0.05, 0) is 6.42 Å². The van der Waals surface area contributed by atoms with Crippen LogP contribution in [0.15, 0.2) is 0 Å². The van der Waals surface area contributed by atoms with Gasteiger partial charge in [0.05, 0.1) is 7.11 Å². The van der Waals surface area contributed by atoms with Crippen molar-refractivity contribution in [1.29, 1.82) is 0 Å². The Morgan fingerprint density at radius 2 is 1.00 bits per heavy atom. The normalized spacial score (nSPS) is 10.6. The maximum Gasteiger partial charge on any atom is 0.374 e. The number of ether oxygens (including phenoxy) is 1. The molecule has 0 saturated heterocycles. The Bertz CT molecular complexity index is 274. The van der Waals surface area contributed by atoms with Crippen molar-refractivity contribution in [2.75, 3.05) is 7.11 Å². The molecule has 0 bridgehead atoms. The number of unbranched alkanes of at least 4 members (excludes halogenated alkanes) is 13. The summed E-state index contributed by atoms with van der Waals surface area (Å²) in [7, 11) is 1.26. The summed E-state index contributed by atoms with van der Waals surface area (Å²) in [6.07, 6.45) is 18.4. The quantitative estimate of drug-likeness (QED) is 0.212. The van der Waals surface area contributed by atoms with E-state index in [4.69, 9.17) is 0 Å². The Kier molecular flexibility index (Phi) is 15.9. The molecule has 0 aromatic rings. The molecule has 0 radical (unpaired) electrons. The van der Waals surface area contributed by atoms with Gasteiger partial charge in [-0.15, -0.1) is 0 Å². The molecule has 0 heterocycles. The van der Waals surface area contributed by atoms with Gasteiger partial charge in [0.1, 0.15) is 0 Å². The minimum atomic E-state index is -0.699. The van der Waals surface area contributed by atoms with Crippen molar-refractivity contribution in [2.24, 2.45) is 0 Å². The van der Waals surface area contributed by atoms with Crippen LogP contribution in [0.4, 0.5) is 0 Å². The first-order valence-corrected chi connectivity index (χ1v) is 9.33. The van der Waals surface area contributed by atoms with Crippen molar-refractivity contribution in [3.05, 3.63) is 0 Å². The molecule has 0 aliphatic carbocycles. The van der Waals surface area contributed by atoms with Gasteiger partial charge in [0.25, 0.3) is 0 Å². The summed E-state index contributed by atoms with van der Waals surface area (Å²) in [5.41, 5.74) is 0. The highest BCUT2D eigenvalue weighted by Crippen LogP contribution is 2.13. The summed E-state index contributed by atoms with van der Waals surface area (Å²) in [6.45, 7) is 2.26. The fourth-order valence-corrected chi connectivity index (χ4v) is 2.70. The zero-order chi connectivity index (χ0) is 16.5. The van der Waals surface area contributed by atoms with E-state index in [2.05, 4.69) is 11.7 Å². The lowest BCUT2D eigenvalue weighted by atomic mass is 10.0. The van der Waals surface area contributed by atoms with Crippen LogP contribution in [0.2, 0.25) is 0 Å². The van der Waals surface area contributed by atoms with Crippen LogP contribution in [0.1, 0.15) is 103 Å². The van der Waals surface area contributed by atoms with Gasteiger partial charge in [0.15, 0.2) is 0 Å². The standard InChI is InChI=1S/C19H36O3/c1-3-4-5-6-7-8-9-10-11-12-13-14-15-16-17-18(20)19(21)22-2/h3-17H2,1-2H3. The van der Waals surface area contributed by atoms with Crippen molar-refractivity contribution < 1.29 is 14.3 Å². The summed E-state index contributed by atoms with van der Waals surface area (Å²) in [5, 5.41) is 0. The Morgan fingerprint density at radius 1 is 0.636 bits per heavy atom. The third kappa shape index (κ3) is 14.1. The van der Waals surface area contributed by atoms with Crippen LogP contribution in [0.5, 0.6) is 0 Å². The first-order valence-electron chi connectivity index (χ1n) is 9.33. The Hall–Kier alpha value is -0.860. The van der Waals surface area contributed by atoms with Crippen LogP contribution < -0.4 is 0 Å². The van der Waals surface area contributed by atoms with Crippen LogP contribution in [0.3, 0.4) is 0 Å². The molecule has 0 aliphatic heterocycles. The fourth-order valence-electron chi connectivity index (χ4n) is 2.70. The number of carbonyl (C=O) groups excluding carboxylic acids is 2. The Labute approximate surface area is 137 Å². The number of Topliss-reactive ketones (excluding diaryl/α,β-unsaturated/α-hetero) is 1. The smallest absolute Gasteiger partial charge is 0.374 e. The van der Waals surface area contributed by atoms with Gasteiger partial charge >= 0.3 is 5.97 Å². The maximum atomic E-state index is 11.2. The SMILES string of the molecule is CCCCCCCCCCCCCCCCC(=O)C(=O)OC. The molecule has 0 atom stereocenters. The van der Waals surface area contributed by atoms with Crippen LogP contribution in [0, 0.1) is 0 Å². The molecule has 0 N–H and O–H groups in total. The summed E-state index contributed by atoms with van der Waals surface area (Å²) in [6, 6.07) is 0. The minimum Gasteiger partial charge on any atom is -0.463 e. The molecule has 0 saturated carbocycles. The molecule has 22 heavy (non-hydrogen) atoms. The highest BCUT2D eigenvalue weighted by atomic mass is 16.5. The number of ketones is 1. The first kappa shape index (κ1) is 21.1. The molecular formula is C19H36O3. The Balaban J connectivity index is 3.11. The van der Waals surface area contributed by atoms with Gasteiger partial charge in [-0.25, -0.2) is 4.79 Å². The number of hydrogen-bond donors (Lipinski definition) is 0. The molecule has 0 aromatic heterocycles. The van der Waals surface area contributed by atoms with Crippen molar-refractivity contribution in [2.45, 2.75) is 103 Å². The highest BCUT2D eigenvalue weighted by Gasteiger charge is 2.12. The molecule has 0 fully saturated rings. The lowest BCUT2D eigenvalue weighted by molar-refractivity contribution is -0.151. The second kappa shape index (κ2) is 16.5. The van der Waals surface area contributed by atoms with E-state index in [-0.39, 0.29) is 5.78 Å². The van der Waals surface area contributed by atoms with Crippen molar-refractivity contribution >= 4 is 11.8 Å². The molecule has 0 aromatic carbocycles. The van der Waals surface area contributed by atoms with E-state index in [1.807, 2.05) is 0 Å². The molecule has 3 heteroatoms. The molecular weight excluding hydrogens is 276 g/mol. The highest BCUT2D eigenvalue weighted by molar-refractivity contribution is 6.33. The van der Waals surface area contributed by atoms with Gasteiger partial charge in [-0.1, -0.05) is 90.4 Å². The number of esters is 1. The van der Waals surface area contributed by atoms with Crippen LogP contribution in [0.25, 0.3) is 0 Å². The molecule has 0 amide bonds. The number of carbonyl (C=O) groups is 2. The number of rotatable bonds is 16. The van der Waals surface area contributed by atoms with E-state index in [1.54, 1.807) is 0 Å². The topological polar surface area (TPSA) is 43.4 Å². The zero-order valence-corrected chi connectivity index (χ0v) is 14.8. The van der Waals surface area contributed by atoms with Crippen molar-refractivity contribution in [1.82, 2.24) is 0 Å². The molecule has 0 aliphatic rings. The second-order valence-corrected chi connectivity index (χ2v) is 6.26. The summed E-state index contributed by atoms with van der Waals surface area (Å²) >= 11 is 0. The fraction of sp³-hybridized carbons (Fsp3) is 0.895. The average Bonchev–Trinajstić information content (AvgIpc) is 2.54. The average molecular weight is 312 g/mol. The van der Waals surface area contributed by atoms with Crippen molar-refractivity contribution in [3.8, 4) is 0 Å². The number of methoxy groups -OCH3 is 1. The summed E-state index contributed by atoms with van der Waals surface area (Å²) in [5.74, 6) is -1.09. The maximum absolute atomic E-state index is 11.2. The molecule has 0 spiro atoms. The van der Waals surface area contributed by atoms with E-state index in [9.17, 15) is 9.59 Å². The van der Waals surface area contributed by atoms with E-state index < -0.39 is 5.97 Å². The molecule has 130 valence electrons. The second-order valence-electron chi connectivity index (χ2n) is 6.26. The number of hydrogen-bond acceptors (Lipinski definition) is 3. The molecule has 0 rings (SSSR count). The predicted molar refractivity (Wildman–Crippen MR) is 92.0 cm³/mol. The van der Waals surface area contributed by atoms with E-state index >= 15 is 0 Å². The van der Waals surface area contributed by atoms with E-state index in [0.29, 0.717) is 6.42 Å². The lowest BCUT2D eigenvalue weighted by Crippen LogP contribution is -2.14. The van der Waals surface area contributed by atoms with Crippen LogP contribution in [-0.4, -0.2) is 18.9 Å². The third-order valence-electron chi connectivity index (χ3n) is 4.17. The van der Waals surface area contributed by atoms with Gasteiger partial charge in [0, 0.05) is 6.42 Å². The van der Waals surface area contributed by atoms with Crippen LogP contribution >= 0.6 is 0 Å². The summed E-state index contributed by atoms with van der Waals surface area (Å²) < 4.78 is 4.39. The van der Waals surface area contributed by atoms with Gasteiger partial charge in [-0.3, -0.25) is 4.79 Å². The van der Waals surface area contributed by atoms with E-state index in [0.717, 1.165) is 12.8 Å². The molecule has 0 unspecified atom stereocenters. The molecule has 3 nitrogen and oxygen atoms in total. The minimum absolute atomic E-state index is 0.338. The third-order valence-corrected chi connectivity index (χ3v) is 4.17.